The molecule has 0 fully saturated rings. The molecule has 0 radical (unpaired) electrons. The lowest BCUT2D eigenvalue weighted by atomic mass is 10.3. The molecule has 18 heavy (non-hydrogen) atoms. The quantitative estimate of drug-likeness (QED) is 0.697. The van der Waals surface area contributed by atoms with Gasteiger partial charge in [0.05, 0.1) is 16.4 Å². The lowest BCUT2D eigenvalue weighted by Crippen LogP contribution is -2.23. The van der Waals surface area contributed by atoms with E-state index >= 15 is 0 Å². The Labute approximate surface area is 118 Å². The van der Waals surface area contributed by atoms with E-state index < -0.39 is 42.7 Å². The zero-order chi connectivity index (χ0) is 14.0. The predicted molar refractivity (Wildman–Crippen MR) is 74.7 cm³/mol. The summed E-state index contributed by atoms with van der Waals surface area (Å²) >= 11 is 4.29. The molecular weight excluding hydrogens is 364 g/mol. The number of Topliss-reactive ketones (excluding diaryl/α,β-unsaturated/α-hetero) is 1. The van der Waals surface area contributed by atoms with Crippen LogP contribution in [0.4, 0.5) is 0 Å². The second-order valence-corrected chi connectivity index (χ2v) is 9.96. The fourth-order valence-electron chi connectivity index (χ4n) is 1.11. The number of sulfone groups is 2. The molecule has 0 N–H and O–H groups in total. The second-order valence-electron chi connectivity index (χ2n) is 3.74. The van der Waals surface area contributed by atoms with E-state index in [1.165, 1.54) is 0 Å². The number of carbonyl (C=O) groups excluding carboxylic acids is 1. The van der Waals surface area contributed by atoms with Gasteiger partial charge in [-0.3, -0.25) is 4.79 Å². The minimum absolute atomic E-state index is 0.331. The van der Waals surface area contributed by atoms with E-state index in [4.69, 9.17) is 0 Å². The monoisotopic (exact) mass is 374 g/mol. The van der Waals surface area contributed by atoms with Crippen LogP contribution in [0.15, 0.2) is 15.9 Å². The molecule has 0 aliphatic heterocycles. The topological polar surface area (TPSA) is 85.3 Å². The Morgan fingerprint density at radius 2 is 1.89 bits per heavy atom. The summed E-state index contributed by atoms with van der Waals surface area (Å²) in [5, 5.41) is 1.67. The third-order valence-electron chi connectivity index (χ3n) is 1.99. The van der Waals surface area contributed by atoms with Crippen LogP contribution in [0.3, 0.4) is 0 Å². The van der Waals surface area contributed by atoms with E-state index in [0.717, 1.165) is 17.6 Å². The summed E-state index contributed by atoms with van der Waals surface area (Å²) in [6.07, 6.45) is 0.959. The number of hydrogen-bond donors (Lipinski definition) is 0. The molecule has 102 valence electrons. The molecule has 0 saturated heterocycles. The van der Waals surface area contributed by atoms with Gasteiger partial charge in [-0.25, -0.2) is 16.8 Å². The number of thiophene rings is 1. The normalized spacial score (nSPS) is 12.6. The second kappa shape index (κ2) is 5.81. The molecule has 1 aromatic heterocycles. The molecule has 5 nitrogen and oxygen atoms in total. The lowest BCUT2D eigenvalue weighted by Gasteiger charge is -2.02. The van der Waals surface area contributed by atoms with Gasteiger partial charge in [-0.1, -0.05) is 0 Å². The number of carbonyl (C=O) groups is 1. The van der Waals surface area contributed by atoms with E-state index in [0.29, 0.717) is 9.35 Å². The molecule has 1 aromatic rings. The molecule has 0 amide bonds. The molecule has 1 heterocycles. The van der Waals surface area contributed by atoms with Gasteiger partial charge < -0.3 is 0 Å². The van der Waals surface area contributed by atoms with Crippen LogP contribution in [0.1, 0.15) is 9.67 Å². The number of hydrogen-bond acceptors (Lipinski definition) is 6. The fourth-order valence-corrected chi connectivity index (χ4v) is 5.65. The molecule has 0 bridgehead atoms. The van der Waals surface area contributed by atoms with Crippen LogP contribution in [0.25, 0.3) is 0 Å². The summed E-state index contributed by atoms with van der Waals surface area (Å²) in [6.45, 7) is 0. The molecule has 1 rings (SSSR count). The smallest absolute Gasteiger partial charge is 0.188 e. The average molecular weight is 375 g/mol. The van der Waals surface area contributed by atoms with Crippen molar-refractivity contribution in [1.82, 2.24) is 0 Å². The van der Waals surface area contributed by atoms with Gasteiger partial charge in [-0.05, 0) is 27.4 Å². The van der Waals surface area contributed by atoms with Gasteiger partial charge in [0.2, 0.25) is 0 Å². The Bertz CT molecular complexity index is 641. The Morgan fingerprint density at radius 3 is 2.33 bits per heavy atom. The van der Waals surface area contributed by atoms with E-state index in [1.807, 2.05) is 0 Å². The summed E-state index contributed by atoms with van der Waals surface area (Å²) in [4.78, 5) is 12.0. The molecule has 0 aliphatic carbocycles. The van der Waals surface area contributed by atoms with Crippen molar-refractivity contribution >= 4 is 52.7 Å². The lowest BCUT2D eigenvalue weighted by molar-refractivity contribution is 0.102. The Balaban J connectivity index is 2.73. The van der Waals surface area contributed by atoms with E-state index in [2.05, 4.69) is 15.9 Å². The molecule has 0 aliphatic rings. The molecule has 0 unspecified atom stereocenters. The summed E-state index contributed by atoms with van der Waals surface area (Å²) in [5.74, 6) is -2.18. The van der Waals surface area contributed by atoms with Crippen molar-refractivity contribution in [1.29, 1.82) is 0 Å². The highest BCUT2D eigenvalue weighted by molar-refractivity contribution is 9.10. The standard InChI is InChI=1S/C9H11BrO5S3/c1-17(12,13)4-5-18(14,15)6-8(11)9-7(10)2-3-16-9/h2-3H,4-6H2,1H3. The van der Waals surface area contributed by atoms with Gasteiger partial charge in [-0.2, -0.15) is 0 Å². The van der Waals surface area contributed by atoms with Crippen LogP contribution in [-0.4, -0.2) is 46.1 Å². The van der Waals surface area contributed by atoms with Crippen LogP contribution >= 0.6 is 27.3 Å². The highest BCUT2D eigenvalue weighted by Gasteiger charge is 2.22. The van der Waals surface area contributed by atoms with Gasteiger partial charge in [0.15, 0.2) is 15.6 Å². The highest BCUT2D eigenvalue weighted by Crippen LogP contribution is 2.23. The maximum atomic E-state index is 11.7. The molecule has 9 heteroatoms. The van der Waals surface area contributed by atoms with E-state index in [1.54, 1.807) is 11.4 Å². The van der Waals surface area contributed by atoms with Crippen LogP contribution < -0.4 is 0 Å². The van der Waals surface area contributed by atoms with Gasteiger partial charge in [-0.15, -0.1) is 11.3 Å². The third-order valence-corrected chi connectivity index (χ3v) is 6.60. The Morgan fingerprint density at radius 1 is 1.28 bits per heavy atom. The van der Waals surface area contributed by atoms with Crippen LogP contribution in [0.2, 0.25) is 0 Å². The first-order valence-corrected chi connectivity index (χ1v) is 10.3. The van der Waals surface area contributed by atoms with Crippen molar-refractivity contribution < 1.29 is 21.6 Å². The largest absolute Gasteiger partial charge is 0.292 e. The first-order valence-electron chi connectivity index (χ1n) is 4.75. The first-order chi connectivity index (χ1) is 8.11. The summed E-state index contributed by atoms with van der Waals surface area (Å²) in [6, 6.07) is 1.65. The Hall–Kier alpha value is -0.250. The molecular formula is C9H11BrO5S3. The highest BCUT2D eigenvalue weighted by atomic mass is 79.9. The van der Waals surface area contributed by atoms with Crippen molar-refractivity contribution in [3.05, 3.63) is 20.8 Å². The summed E-state index contributed by atoms with van der Waals surface area (Å²) in [7, 11) is -7.05. The zero-order valence-electron chi connectivity index (χ0n) is 9.42. The summed E-state index contributed by atoms with van der Waals surface area (Å²) < 4.78 is 45.5. The van der Waals surface area contributed by atoms with Gasteiger partial charge >= 0.3 is 0 Å². The molecule has 0 spiro atoms. The van der Waals surface area contributed by atoms with E-state index in [-0.39, 0.29) is 0 Å². The SMILES string of the molecule is CS(=O)(=O)CCS(=O)(=O)CC(=O)c1sccc1Br. The third kappa shape index (κ3) is 5.17. The van der Waals surface area contributed by atoms with Crippen molar-refractivity contribution in [2.24, 2.45) is 0 Å². The average Bonchev–Trinajstić information content (AvgIpc) is 2.60. The maximum Gasteiger partial charge on any atom is 0.188 e. The predicted octanol–water partition coefficient (Wildman–Crippen LogP) is 1.15. The zero-order valence-corrected chi connectivity index (χ0v) is 13.5. The first kappa shape index (κ1) is 15.8. The van der Waals surface area contributed by atoms with Gasteiger partial charge in [0, 0.05) is 10.7 Å². The molecule has 0 aromatic carbocycles. The summed E-state index contributed by atoms with van der Waals surface area (Å²) in [5.41, 5.74) is 0. The number of ketones is 1. The number of halogens is 1. The van der Waals surface area contributed by atoms with Crippen molar-refractivity contribution in [2.45, 2.75) is 0 Å². The van der Waals surface area contributed by atoms with Crippen LogP contribution in [0, 0.1) is 0 Å². The van der Waals surface area contributed by atoms with Crippen LogP contribution in [-0.2, 0) is 19.7 Å². The van der Waals surface area contributed by atoms with Crippen LogP contribution in [0.5, 0.6) is 0 Å². The van der Waals surface area contributed by atoms with Gasteiger partial charge in [0.25, 0.3) is 0 Å². The maximum absolute atomic E-state index is 11.7. The fraction of sp³-hybridized carbons (Fsp3) is 0.444. The van der Waals surface area contributed by atoms with Crippen molar-refractivity contribution in [3.8, 4) is 0 Å². The minimum atomic E-state index is -3.70. The Kier molecular flexibility index (Phi) is 5.10. The van der Waals surface area contributed by atoms with Crippen molar-refractivity contribution in [2.75, 3.05) is 23.5 Å². The molecule has 0 atom stereocenters. The number of rotatable bonds is 6. The minimum Gasteiger partial charge on any atom is -0.292 e. The van der Waals surface area contributed by atoms with E-state index in [9.17, 15) is 21.6 Å². The van der Waals surface area contributed by atoms with Crippen molar-refractivity contribution in [3.63, 3.8) is 0 Å². The van der Waals surface area contributed by atoms with Gasteiger partial charge in [0.1, 0.15) is 15.6 Å². The molecule has 0 saturated carbocycles.